The molecule has 3 rings (SSSR count). The summed E-state index contributed by atoms with van der Waals surface area (Å²) in [7, 11) is 0. The molecule has 1 aromatic heterocycles. The van der Waals surface area contributed by atoms with Gasteiger partial charge in [-0.3, -0.25) is 10.1 Å². The van der Waals surface area contributed by atoms with Crippen molar-refractivity contribution in [3.63, 3.8) is 0 Å². The Kier molecular flexibility index (Phi) is 5.84. The lowest BCUT2D eigenvalue weighted by Gasteiger charge is -2.09. The molecule has 3 N–H and O–H groups in total. The number of fused-ring (bicyclic) bond motifs is 1. The lowest BCUT2D eigenvalue weighted by Crippen LogP contribution is -2.34. The Labute approximate surface area is 172 Å². The Hall–Kier alpha value is -2.04. The van der Waals surface area contributed by atoms with E-state index >= 15 is 0 Å². The second-order valence-electron chi connectivity index (χ2n) is 5.33. The maximum atomic E-state index is 12.6. The smallest absolute Gasteiger partial charge is 0.335 e. The summed E-state index contributed by atoms with van der Waals surface area (Å²) in [6.45, 7) is 0. The third kappa shape index (κ3) is 4.02. The van der Waals surface area contributed by atoms with Gasteiger partial charge < -0.3 is 10.4 Å². The molecule has 0 saturated heterocycles. The van der Waals surface area contributed by atoms with Gasteiger partial charge in [0.1, 0.15) is 0 Å². The summed E-state index contributed by atoms with van der Waals surface area (Å²) in [4.78, 5) is 24.1. The van der Waals surface area contributed by atoms with Crippen LogP contribution in [-0.4, -0.2) is 22.1 Å². The van der Waals surface area contributed by atoms with Crippen LogP contribution in [0.4, 0.5) is 5.69 Å². The van der Waals surface area contributed by atoms with Crippen molar-refractivity contribution in [2.24, 2.45) is 0 Å². The van der Waals surface area contributed by atoms with E-state index in [1.165, 1.54) is 23.5 Å². The molecule has 0 saturated carbocycles. The van der Waals surface area contributed by atoms with Crippen molar-refractivity contribution in [1.29, 1.82) is 0 Å². The number of nitrogens with one attached hydrogen (secondary N) is 2. The van der Waals surface area contributed by atoms with Crippen LogP contribution >= 0.6 is 46.1 Å². The van der Waals surface area contributed by atoms with Gasteiger partial charge in [0, 0.05) is 14.8 Å². The largest absolute Gasteiger partial charge is 0.478 e. The highest BCUT2D eigenvalue weighted by molar-refractivity contribution is 14.1. The summed E-state index contributed by atoms with van der Waals surface area (Å²) >= 11 is 8.89. The lowest BCUT2D eigenvalue weighted by molar-refractivity contribution is 0.0696. The van der Waals surface area contributed by atoms with Gasteiger partial charge in [-0.15, -0.1) is 11.3 Å². The predicted molar refractivity (Wildman–Crippen MR) is 117 cm³/mol. The number of anilines is 1. The number of benzene rings is 2. The standard InChI is InChI=1S/C18H13IN2O3S2/c19-9-13-12-3-1-2-4-14(12)26-15(13)16(22)21-18(25)20-11-7-5-10(6-8-11)17(23)24/h1-8H,9H2,(H,23,24)(H2,20,21,22,25). The van der Waals surface area contributed by atoms with Crippen molar-refractivity contribution in [2.45, 2.75) is 4.43 Å². The molecule has 2 aromatic carbocycles. The van der Waals surface area contributed by atoms with Crippen molar-refractivity contribution in [1.82, 2.24) is 5.32 Å². The van der Waals surface area contributed by atoms with Crippen LogP contribution < -0.4 is 10.6 Å². The molecule has 0 unspecified atom stereocenters. The molecule has 0 aliphatic carbocycles. The first-order valence-corrected chi connectivity index (χ1v) is 10.3. The molecule has 0 aliphatic heterocycles. The first-order chi connectivity index (χ1) is 12.5. The molecule has 3 aromatic rings. The first kappa shape index (κ1) is 18.7. The summed E-state index contributed by atoms with van der Waals surface area (Å²) in [5, 5.41) is 15.7. The van der Waals surface area contributed by atoms with Gasteiger partial charge in [-0.05, 0) is 53.5 Å². The number of carboxylic acids is 1. The van der Waals surface area contributed by atoms with Gasteiger partial charge in [-0.25, -0.2) is 4.79 Å². The SMILES string of the molecule is O=C(O)c1ccc(NC(=S)NC(=O)c2sc3ccccc3c2CI)cc1. The number of hydrogen-bond donors (Lipinski definition) is 3. The van der Waals surface area contributed by atoms with Crippen LogP contribution in [0.15, 0.2) is 48.5 Å². The molecule has 0 bridgehead atoms. The molecule has 0 spiro atoms. The lowest BCUT2D eigenvalue weighted by atomic mass is 10.1. The minimum absolute atomic E-state index is 0.162. The zero-order valence-corrected chi connectivity index (χ0v) is 17.1. The minimum Gasteiger partial charge on any atom is -0.478 e. The molecule has 5 nitrogen and oxygen atoms in total. The van der Waals surface area contributed by atoms with E-state index in [2.05, 4.69) is 33.2 Å². The van der Waals surface area contributed by atoms with Gasteiger partial charge >= 0.3 is 5.97 Å². The molecule has 0 radical (unpaired) electrons. The molecule has 0 atom stereocenters. The van der Waals surface area contributed by atoms with Crippen LogP contribution in [0.25, 0.3) is 10.1 Å². The van der Waals surface area contributed by atoms with Crippen LogP contribution in [0.2, 0.25) is 0 Å². The summed E-state index contributed by atoms with van der Waals surface area (Å²) < 4.78 is 1.79. The van der Waals surface area contributed by atoms with E-state index in [0.717, 1.165) is 20.1 Å². The van der Waals surface area contributed by atoms with Gasteiger partial charge in [0.25, 0.3) is 5.91 Å². The Morgan fingerprint density at radius 2 is 1.81 bits per heavy atom. The fourth-order valence-electron chi connectivity index (χ4n) is 2.43. The number of aromatic carboxylic acids is 1. The van der Waals surface area contributed by atoms with Crippen molar-refractivity contribution in [3.8, 4) is 0 Å². The molecule has 8 heteroatoms. The third-order valence-electron chi connectivity index (χ3n) is 3.65. The molecular weight excluding hydrogens is 483 g/mol. The number of alkyl halides is 1. The van der Waals surface area contributed by atoms with Crippen LogP contribution in [0, 0.1) is 0 Å². The van der Waals surface area contributed by atoms with Crippen molar-refractivity contribution in [3.05, 3.63) is 64.5 Å². The maximum Gasteiger partial charge on any atom is 0.335 e. The fraction of sp³-hybridized carbons (Fsp3) is 0.0556. The molecular formula is C18H13IN2O3S2. The molecule has 0 aliphatic rings. The number of halogens is 1. The number of carboxylic acid groups (broad SMARTS) is 1. The number of thiocarbonyl (C=S) groups is 1. The average molecular weight is 496 g/mol. The summed E-state index contributed by atoms with van der Waals surface area (Å²) in [5.41, 5.74) is 1.78. The van der Waals surface area contributed by atoms with E-state index in [1.54, 1.807) is 12.1 Å². The maximum absolute atomic E-state index is 12.6. The van der Waals surface area contributed by atoms with E-state index in [1.807, 2.05) is 24.3 Å². The highest BCUT2D eigenvalue weighted by Gasteiger charge is 2.18. The highest BCUT2D eigenvalue weighted by Crippen LogP contribution is 2.32. The summed E-state index contributed by atoms with van der Waals surface area (Å²) in [5.74, 6) is -1.25. The average Bonchev–Trinajstić information content (AvgIpc) is 3.00. The van der Waals surface area contributed by atoms with Gasteiger partial charge in [0.15, 0.2) is 5.11 Å². The van der Waals surface area contributed by atoms with Crippen LogP contribution in [-0.2, 0) is 4.43 Å². The molecule has 26 heavy (non-hydrogen) atoms. The van der Waals surface area contributed by atoms with Gasteiger partial charge in [-0.1, -0.05) is 40.8 Å². The molecule has 0 fully saturated rings. The normalized spacial score (nSPS) is 10.5. The topological polar surface area (TPSA) is 78.4 Å². The monoisotopic (exact) mass is 496 g/mol. The van der Waals surface area contributed by atoms with Crippen LogP contribution in [0.3, 0.4) is 0 Å². The zero-order valence-electron chi connectivity index (χ0n) is 13.3. The second-order valence-corrected chi connectivity index (χ2v) is 7.55. The summed E-state index contributed by atoms with van der Waals surface area (Å²) in [6, 6.07) is 14.0. The number of carbonyl (C=O) groups excluding carboxylic acids is 1. The van der Waals surface area contributed by atoms with E-state index in [-0.39, 0.29) is 16.6 Å². The zero-order chi connectivity index (χ0) is 18.7. The van der Waals surface area contributed by atoms with Crippen LogP contribution in [0.5, 0.6) is 0 Å². The first-order valence-electron chi connectivity index (χ1n) is 7.51. The number of amides is 1. The van der Waals surface area contributed by atoms with Gasteiger partial charge in [-0.2, -0.15) is 0 Å². The van der Waals surface area contributed by atoms with E-state index in [4.69, 9.17) is 17.3 Å². The van der Waals surface area contributed by atoms with E-state index < -0.39 is 5.97 Å². The van der Waals surface area contributed by atoms with Gasteiger partial charge in [0.05, 0.1) is 10.4 Å². The fourth-order valence-corrected chi connectivity index (χ4v) is 4.81. The summed E-state index contributed by atoms with van der Waals surface area (Å²) in [6.07, 6.45) is 0. The highest BCUT2D eigenvalue weighted by atomic mass is 127. The Morgan fingerprint density at radius 3 is 2.46 bits per heavy atom. The number of carbonyl (C=O) groups is 2. The number of thiophene rings is 1. The Bertz CT molecular complexity index is 999. The third-order valence-corrected chi connectivity index (χ3v) is 5.83. The molecule has 132 valence electrons. The minimum atomic E-state index is -0.997. The van der Waals surface area contributed by atoms with Crippen molar-refractivity contribution in [2.75, 3.05) is 5.32 Å². The Balaban J connectivity index is 1.73. The van der Waals surface area contributed by atoms with E-state index in [0.29, 0.717) is 10.6 Å². The quantitative estimate of drug-likeness (QED) is 0.278. The molecule has 1 heterocycles. The van der Waals surface area contributed by atoms with Gasteiger partial charge in [0.2, 0.25) is 0 Å². The Morgan fingerprint density at radius 1 is 1.12 bits per heavy atom. The van der Waals surface area contributed by atoms with Crippen molar-refractivity contribution < 1.29 is 14.7 Å². The molecule has 1 amide bonds. The number of rotatable bonds is 4. The predicted octanol–water partition coefficient (Wildman–Crippen LogP) is 4.66. The second kappa shape index (κ2) is 8.11. The number of hydrogen-bond acceptors (Lipinski definition) is 4. The van der Waals surface area contributed by atoms with Crippen molar-refractivity contribution >= 4 is 78.9 Å². The van der Waals surface area contributed by atoms with Crippen LogP contribution in [0.1, 0.15) is 25.6 Å². The van der Waals surface area contributed by atoms with E-state index in [9.17, 15) is 9.59 Å².